The summed E-state index contributed by atoms with van der Waals surface area (Å²) in [5.74, 6) is -1.83. The van der Waals surface area contributed by atoms with Crippen molar-refractivity contribution in [2.24, 2.45) is 5.73 Å². The van der Waals surface area contributed by atoms with Crippen LogP contribution in [-0.4, -0.2) is 60.5 Å². The van der Waals surface area contributed by atoms with E-state index >= 15 is 0 Å². The Hall–Kier alpha value is -1.29. The molecule has 0 amide bonds. The van der Waals surface area contributed by atoms with Crippen LogP contribution in [0.2, 0.25) is 0 Å². The summed E-state index contributed by atoms with van der Waals surface area (Å²) in [6.45, 7) is 9.11. The highest BCUT2D eigenvalue weighted by Crippen LogP contribution is 2.44. The van der Waals surface area contributed by atoms with E-state index in [0.29, 0.717) is 13.0 Å². The third-order valence-electron chi connectivity index (χ3n) is 5.20. The van der Waals surface area contributed by atoms with Crippen LogP contribution in [0.1, 0.15) is 104 Å². The molecule has 0 radical (unpaired) electrons. The number of esters is 1. The zero-order chi connectivity index (χ0) is 28.4. The average molecular weight is 554 g/mol. The number of ether oxygens (including phenoxy) is 2. The molecule has 220 valence electrons. The van der Waals surface area contributed by atoms with Gasteiger partial charge in [-0.3, -0.25) is 18.6 Å². The Morgan fingerprint density at radius 3 is 2.03 bits per heavy atom. The molecule has 0 fully saturated rings. The summed E-state index contributed by atoms with van der Waals surface area (Å²) >= 11 is 0. The predicted octanol–water partition coefficient (Wildman–Crippen LogP) is 5.76. The standard InChI is InChI=1S/C18H34NO9P.C8H18/c1-3-5-6-7-8-9-10-11-17(20)26-13-15(12-25-4-2)28-29(23,24)27-14-16(19)18(21)22;1-3-5-7-8-6-4-2/h3,15-16H,1,4-14,19H2,2H3,(H,21,22)(H,23,24);3-8H2,1-2H3/t15-,16+;/m1./s1. The van der Waals surface area contributed by atoms with Crippen LogP contribution in [0.5, 0.6) is 0 Å². The van der Waals surface area contributed by atoms with Crippen molar-refractivity contribution in [1.29, 1.82) is 0 Å². The van der Waals surface area contributed by atoms with Gasteiger partial charge in [0.15, 0.2) is 0 Å². The van der Waals surface area contributed by atoms with E-state index in [4.69, 9.17) is 24.8 Å². The number of nitrogens with two attached hydrogens (primary N) is 1. The first-order chi connectivity index (χ1) is 17.6. The minimum atomic E-state index is -4.60. The van der Waals surface area contributed by atoms with Crippen LogP contribution >= 0.6 is 7.82 Å². The van der Waals surface area contributed by atoms with E-state index in [1.54, 1.807) is 6.92 Å². The molecule has 0 spiro atoms. The van der Waals surface area contributed by atoms with Crippen molar-refractivity contribution in [3.8, 4) is 0 Å². The number of hydrogen-bond donors (Lipinski definition) is 3. The molecule has 0 aromatic carbocycles. The Balaban J connectivity index is 0. The van der Waals surface area contributed by atoms with E-state index in [-0.39, 0.29) is 19.6 Å². The fourth-order valence-corrected chi connectivity index (χ4v) is 3.93. The van der Waals surface area contributed by atoms with Crippen molar-refractivity contribution < 1.29 is 42.7 Å². The lowest BCUT2D eigenvalue weighted by molar-refractivity contribution is -0.148. The summed E-state index contributed by atoms with van der Waals surface area (Å²) < 4.78 is 31.7. The molecule has 1 unspecified atom stereocenters. The van der Waals surface area contributed by atoms with E-state index in [0.717, 1.165) is 32.1 Å². The van der Waals surface area contributed by atoms with Crippen molar-refractivity contribution in [1.82, 2.24) is 0 Å². The first-order valence-corrected chi connectivity index (χ1v) is 15.1. The number of carboxylic acid groups (broad SMARTS) is 1. The Morgan fingerprint density at radius 2 is 1.49 bits per heavy atom. The molecule has 0 aliphatic rings. The smallest absolute Gasteiger partial charge is 0.472 e. The molecular formula is C26H52NO9P. The van der Waals surface area contributed by atoms with Gasteiger partial charge < -0.3 is 25.2 Å². The van der Waals surface area contributed by atoms with Crippen molar-refractivity contribution in [2.75, 3.05) is 26.4 Å². The van der Waals surface area contributed by atoms with Crippen molar-refractivity contribution in [3.63, 3.8) is 0 Å². The second-order valence-electron chi connectivity index (χ2n) is 8.79. The molecule has 0 saturated carbocycles. The van der Waals surface area contributed by atoms with Crippen LogP contribution in [0.4, 0.5) is 0 Å². The molecule has 3 atom stereocenters. The van der Waals surface area contributed by atoms with Gasteiger partial charge in [-0.15, -0.1) is 6.58 Å². The van der Waals surface area contributed by atoms with Crippen LogP contribution < -0.4 is 5.73 Å². The average Bonchev–Trinajstić information content (AvgIpc) is 2.86. The summed E-state index contributed by atoms with van der Waals surface area (Å²) in [5, 5.41) is 8.67. The zero-order valence-corrected chi connectivity index (χ0v) is 24.1. The molecule has 0 aromatic heterocycles. The topological polar surface area (TPSA) is 155 Å². The van der Waals surface area contributed by atoms with E-state index in [2.05, 4.69) is 25.0 Å². The quantitative estimate of drug-likeness (QED) is 0.0581. The van der Waals surface area contributed by atoms with Crippen molar-refractivity contribution in [3.05, 3.63) is 12.7 Å². The molecule has 0 rings (SSSR count). The van der Waals surface area contributed by atoms with Gasteiger partial charge in [-0.2, -0.15) is 0 Å². The number of allylic oxidation sites excluding steroid dienone is 1. The normalized spacial score (nSPS) is 14.1. The number of carboxylic acids is 1. The van der Waals surface area contributed by atoms with Crippen LogP contribution in [0, 0.1) is 0 Å². The van der Waals surface area contributed by atoms with Gasteiger partial charge in [0.2, 0.25) is 0 Å². The lowest BCUT2D eigenvalue weighted by atomic mass is 10.1. The summed E-state index contributed by atoms with van der Waals surface area (Å²) in [7, 11) is -4.60. The summed E-state index contributed by atoms with van der Waals surface area (Å²) in [4.78, 5) is 32.2. The Labute approximate surface area is 223 Å². The fourth-order valence-electron chi connectivity index (χ4n) is 3.02. The highest BCUT2D eigenvalue weighted by atomic mass is 31.2. The monoisotopic (exact) mass is 553 g/mol. The third-order valence-corrected chi connectivity index (χ3v) is 6.24. The third kappa shape index (κ3) is 27.6. The summed E-state index contributed by atoms with van der Waals surface area (Å²) in [6, 6.07) is -1.47. The van der Waals surface area contributed by atoms with Crippen LogP contribution in [0.15, 0.2) is 12.7 Å². The van der Waals surface area contributed by atoms with Crippen LogP contribution in [0.3, 0.4) is 0 Å². The molecule has 10 nitrogen and oxygen atoms in total. The SMILES string of the molecule is C=CCCCCCCCC(=O)OC[C@@H](COCC)OP(=O)(O)OC[C@H](N)C(=O)O.CCCCCCCC. The van der Waals surface area contributed by atoms with E-state index in [1.165, 1.54) is 38.5 Å². The molecule has 11 heteroatoms. The van der Waals surface area contributed by atoms with Crippen LogP contribution in [0.25, 0.3) is 0 Å². The van der Waals surface area contributed by atoms with Crippen molar-refractivity contribution in [2.45, 2.75) is 116 Å². The first kappa shape index (κ1) is 37.9. The molecular weight excluding hydrogens is 501 g/mol. The lowest BCUT2D eigenvalue weighted by Crippen LogP contribution is -2.35. The molecule has 0 bridgehead atoms. The number of unbranched alkanes of at least 4 members (excludes halogenated alkanes) is 10. The maximum absolute atomic E-state index is 11.9. The maximum atomic E-state index is 11.9. The number of rotatable bonds is 24. The fraction of sp³-hybridized carbons (Fsp3) is 0.846. The molecule has 4 N–H and O–H groups in total. The van der Waals surface area contributed by atoms with Gasteiger partial charge in [0.1, 0.15) is 18.8 Å². The Kier molecular flexibility index (Phi) is 26.9. The Bertz CT molecular complexity index is 613. The molecule has 0 heterocycles. The number of hydrogen-bond acceptors (Lipinski definition) is 8. The number of phosphoric ester groups is 1. The minimum absolute atomic E-state index is 0.105. The maximum Gasteiger partial charge on any atom is 0.472 e. The number of phosphoric acid groups is 1. The number of carbonyl (C=O) groups excluding carboxylic acids is 1. The summed E-state index contributed by atoms with van der Waals surface area (Å²) in [5.41, 5.74) is 5.21. The number of aliphatic carboxylic acids is 1. The van der Waals surface area contributed by atoms with Gasteiger partial charge in [0.25, 0.3) is 0 Å². The zero-order valence-electron chi connectivity index (χ0n) is 23.2. The molecule has 0 aliphatic carbocycles. The molecule has 0 aliphatic heterocycles. The largest absolute Gasteiger partial charge is 0.480 e. The van der Waals surface area contributed by atoms with E-state index in [1.807, 2.05) is 6.08 Å². The van der Waals surface area contributed by atoms with Gasteiger partial charge in [0, 0.05) is 13.0 Å². The highest BCUT2D eigenvalue weighted by molar-refractivity contribution is 7.47. The Morgan fingerprint density at radius 1 is 0.919 bits per heavy atom. The second-order valence-corrected chi connectivity index (χ2v) is 10.2. The molecule has 37 heavy (non-hydrogen) atoms. The van der Waals surface area contributed by atoms with Gasteiger partial charge in [-0.25, -0.2) is 4.57 Å². The lowest BCUT2D eigenvalue weighted by Gasteiger charge is -2.21. The van der Waals surface area contributed by atoms with E-state index in [9.17, 15) is 19.0 Å². The molecule has 0 saturated heterocycles. The van der Waals surface area contributed by atoms with E-state index < -0.39 is 38.5 Å². The van der Waals surface area contributed by atoms with Crippen molar-refractivity contribution >= 4 is 19.8 Å². The second kappa shape index (κ2) is 26.3. The first-order valence-electron chi connectivity index (χ1n) is 13.6. The minimum Gasteiger partial charge on any atom is -0.480 e. The predicted molar refractivity (Wildman–Crippen MR) is 145 cm³/mol. The summed E-state index contributed by atoms with van der Waals surface area (Å²) in [6.07, 6.45) is 15.4. The van der Waals surface area contributed by atoms with Gasteiger partial charge >= 0.3 is 19.8 Å². The number of carbonyl (C=O) groups is 2. The highest BCUT2D eigenvalue weighted by Gasteiger charge is 2.29. The van der Waals surface area contributed by atoms with Gasteiger partial charge in [0.05, 0.1) is 13.2 Å². The molecule has 0 aromatic rings. The van der Waals surface area contributed by atoms with Gasteiger partial charge in [-0.05, 0) is 26.2 Å². The van der Waals surface area contributed by atoms with Crippen LogP contribution in [-0.2, 0) is 32.7 Å². The van der Waals surface area contributed by atoms with Gasteiger partial charge in [-0.1, -0.05) is 77.7 Å².